The molecule has 0 saturated carbocycles. The topological polar surface area (TPSA) is 88.5 Å². The number of nitrogens with zero attached hydrogens (tertiary/aromatic N) is 1. The highest BCUT2D eigenvalue weighted by Gasteiger charge is 2.05. The van der Waals surface area contributed by atoms with E-state index in [4.69, 9.17) is 5.11 Å². The maximum atomic E-state index is 10.7. The lowest BCUT2D eigenvalue weighted by Crippen LogP contribution is -2.22. The van der Waals surface area contributed by atoms with Crippen LogP contribution in [0.3, 0.4) is 0 Å². The smallest absolute Gasteiger partial charge is 0.407 e. The van der Waals surface area contributed by atoms with Crippen LogP contribution in [0, 0.1) is 0 Å². The second-order valence-corrected chi connectivity index (χ2v) is 2.70. The zero-order chi connectivity index (χ0) is 11.3. The van der Waals surface area contributed by atoms with Gasteiger partial charge in [0, 0.05) is 12.7 Å². The van der Waals surface area contributed by atoms with Crippen LogP contribution in [0.15, 0.2) is 18.3 Å². The molecule has 1 heterocycles. The van der Waals surface area contributed by atoms with Gasteiger partial charge in [-0.05, 0) is 17.7 Å². The number of alkyl carbamates (subject to hydrolysis) is 1. The highest BCUT2D eigenvalue weighted by molar-refractivity contribution is 5.85. The molecule has 0 fully saturated rings. The highest BCUT2D eigenvalue weighted by atomic mass is 16.5. The van der Waals surface area contributed by atoms with Crippen molar-refractivity contribution in [1.82, 2.24) is 10.3 Å². The van der Waals surface area contributed by atoms with Crippen molar-refractivity contribution in [2.24, 2.45) is 0 Å². The summed E-state index contributed by atoms with van der Waals surface area (Å²) in [6, 6.07) is 3.00. The summed E-state index contributed by atoms with van der Waals surface area (Å²) >= 11 is 0. The standard InChI is InChI=1S/C9H10N2O4/c1-15-9(14)11-5-6-2-3-10-7(4-6)8(12)13/h2-4H,5H2,1H3,(H,11,14)(H,12,13). The van der Waals surface area contributed by atoms with Gasteiger partial charge in [-0.2, -0.15) is 0 Å². The maximum absolute atomic E-state index is 10.7. The first-order chi connectivity index (χ1) is 7.13. The molecular weight excluding hydrogens is 200 g/mol. The number of carbonyl (C=O) groups excluding carboxylic acids is 1. The molecule has 0 atom stereocenters. The molecule has 0 saturated heterocycles. The van der Waals surface area contributed by atoms with Gasteiger partial charge in [-0.15, -0.1) is 0 Å². The first kappa shape index (κ1) is 11.0. The number of carbonyl (C=O) groups is 2. The van der Waals surface area contributed by atoms with Gasteiger partial charge >= 0.3 is 12.1 Å². The summed E-state index contributed by atoms with van der Waals surface area (Å²) in [6.07, 6.45) is 0.807. The average Bonchev–Trinajstić information content (AvgIpc) is 2.26. The van der Waals surface area contributed by atoms with Crippen molar-refractivity contribution in [3.8, 4) is 0 Å². The van der Waals surface area contributed by atoms with Crippen LogP contribution in [0.2, 0.25) is 0 Å². The van der Waals surface area contributed by atoms with E-state index in [1.165, 1.54) is 19.4 Å². The number of amides is 1. The van der Waals surface area contributed by atoms with Crippen LogP contribution in [-0.2, 0) is 11.3 Å². The fourth-order valence-electron chi connectivity index (χ4n) is 0.948. The molecule has 0 unspecified atom stereocenters. The van der Waals surface area contributed by atoms with Gasteiger partial charge < -0.3 is 15.2 Å². The number of aromatic carboxylic acids is 1. The minimum absolute atomic E-state index is 0.0563. The molecule has 0 aliphatic rings. The number of carboxylic acid groups (broad SMARTS) is 1. The van der Waals surface area contributed by atoms with Crippen molar-refractivity contribution in [1.29, 1.82) is 0 Å². The lowest BCUT2D eigenvalue weighted by Gasteiger charge is -2.03. The Balaban J connectivity index is 2.66. The van der Waals surface area contributed by atoms with Crippen LogP contribution in [0.5, 0.6) is 0 Å². The van der Waals surface area contributed by atoms with E-state index >= 15 is 0 Å². The molecule has 0 bridgehead atoms. The number of hydrogen-bond acceptors (Lipinski definition) is 4. The van der Waals surface area contributed by atoms with E-state index in [0.717, 1.165) is 0 Å². The fraction of sp³-hybridized carbons (Fsp3) is 0.222. The van der Waals surface area contributed by atoms with E-state index in [2.05, 4.69) is 15.0 Å². The molecular formula is C9H10N2O4. The maximum Gasteiger partial charge on any atom is 0.407 e. The molecule has 0 aliphatic carbocycles. The van der Waals surface area contributed by atoms with Gasteiger partial charge in [-0.3, -0.25) is 0 Å². The molecule has 15 heavy (non-hydrogen) atoms. The van der Waals surface area contributed by atoms with Crippen LogP contribution in [0.1, 0.15) is 16.1 Å². The van der Waals surface area contributed by atoms with E-state index in [-0.39, 0.29) is 12.2 Å². The van der Waals surface area contributed by atoms with Gasteiger partial charge in [0.05, 0.1) is 7.11 Å². The third kappa shape index (κ3) is 3.26. The number of hydrogen-bond donors (Lipinski definition) is 2. The minimum atomic E-state index is -1.10. The van der Waals surface area contributed by atoms with E-state index in [9.17, 15) is 9.59 Å². The molecule has 1 aromatic rings. The molecule has 0 radical (unpaired) electrons. The molecule has 6 nitrogen and oxygen atoms in total. The second kappa shape index (κ2) is 4.94. The highest BCUT2D eigenvalue weighted by Crippen LogP contribution is 2.01. The lowest BCUT2D eigenvalue weighted by molar-refractivity contribution is 0.0690. The summed E-state index contributed by atoms with van der Waals surface area (Å²) in [4.78, 5) is 25.0. The van der Waals surface area contributed by atoms with Crippen LogP contribution in [0.25, 0.3) is 0 Å². The van der Waals surface area contributed by atoms with Crippen molar-refractivity contribution in [3.05, 3.63) is 29.6 Å². The van der Waals surface area contributed by atoms with Gasteiger partial charge in [0.1, 0.15) is 5.69 Å². The van der Waals surface area contributed by atoms with Gasteiger partial charge in [0.15, 0.2) is 0 Å². The minimum Gasteiger partial charge on any atom is -0.477 e. The first-order valence-corrected chi connectivity index (χ1v) is 4.13. The molecule has 1 amide bonds. The summed E-state index contributed by atoms with van der Waals surface area (Å²) in [5.74, 6) is -1.10. The van der Waals surface area contributed by atoms with Crippen molar-refractivity contribution < 1.29 is 19.4 Å². The number of nitrogens with one attached hydrogen (secondary N) is 1. The molecule has 0 aliphatic heterocycles. The third-order valence-electron chi connectivity index (χ3n) is 1.67. The second-order valence-electron chi connectivity index (χ2n) is 2.70. The number of aromatic nitrogens is 1. The zero-order valence-electron chi connectivity index (χ0n) is 8.06. The molecule has 1 rings (SSSR count). The Bertz CT molecular complexity index is 378. The average molecular weight is 210 g/mol. The number of ether oxygens (including phenoxy) is 1. The van der Waals surface area contributed by atoms with Crippen LogP contribution < -0.4 is 5.32 Å². The van der Waals surface area contributed by atoms with Crippen molar-refractivity contribution in [2.45, 2.75) is 6.54 Å². The Hall–Kier alpha value is -2.11. The van der Waals surface area contributed by atoms with Crippen LogP contribution in [0.4, 0.5) is 4.79 Å². The van der Waals surface area contributed by atoms with E-state index in [1.54, 1.807) is 6.07 Å². The van der Waals surface area contributed by atoms with E-state index in [0.29, 0.717) is 5.56 Å². The van der Waals surface area contributed by atoms with Crippen molar-refractivity contribution >= 4 is 12.1 Å². The number of methoxy groups -OCH3 is 1. The summed E-state index contributed by atoms with van der Waals surface area (Å²) in [6.45, 7) is 0.204. The molecule has 2 N–H and O–H groups in total. The predicted molar refractivity (Wildman–Crippen MR) is 50.4 cm³/mol. The van der Waals surface area contributed by atoms with Crippen molar-refractivity contribution in [3.63, 3.8) is 0 Å². The van der Waals surface area contributed by atoms with Crippen LogP contribution >= 0.6 is 0 Å². The summed E-state index contributed by atoms with van der Waals surface area (Å²) < 4.78 is 4.37. The number of rotatable bonds is 3. The fourth-order valence-corrected chi connectivity index (χ4v) is 0.948. The van der Waals surface area contributed by atoms with Gasteiger partial charge in [-0.25, -0.2) is 14.6 Å². The molecule has 1 aromatic heterocycles. The monoisotopic (exact) mass is 210 g/mol. The summed E-state index contributed by atoms with van der Waals surface area (Å²) in [7, 11) is 1.25. The number of pyridine rings is 1. The largest absolute Gasteiger partial charge is 0.477 e. The zero-order valence-corrected chi connectivity index (χ0v) is 8.06. The Morgan fingerprint density at radius 3 is 2.93 bits per heavy atom. The quantitative estimate of drug-likeness (QED) is 0.764. The molecule has 0 aromatic carbocycles. The SMILES string of the molecule is COC(=O)NCc1ccnc(C(=O)O)c1. The molecule has 0 spiro atoms. The van der Waals surface area contributed by atoms with Gasteiger partial charge in [0.25, 0.3) is 0 Å². The number of carboxylic acids is 1. The molecule has 6 heteroatoms. The van der Waals surface area contributed by atoms with Crippen molar-refractivity contribution in [2.75, 3.05) is 7.11 Å². The Morgan fingerprint density at radius 1 is 1.60 bits per heavy atom. The summed E-state index contributed by atoms with van der Waals surface area (Å²) in [5.41, 5.74) is 0.590. The van der Waals surface area contributed by atoms with Gasteiger partial charge in [-0.1, -0.05) is 0 Å². The Labute approximate surface area is 85.9 Å². The van der Waals surface area contributed by atoms with E-state index in [1.807, 2.05) is 0 Å². The summed E-state index contributed by atoms with van der Waals surface area (Å²) in [5, 5.41) is 11.1. The Kier molecular flexibility index (Phi) is 3.61. The van der Waals surface area contributed by atoms with E-state index < -0.39 is 12.1 Å². The lowest BCUT2D eigenvalue weighted by atomic mass is 10.2. The third-order valence-corrected chi connectivity index (χ3v) is 1.67. The first-order valence-electron chi connectivity index (χ1n) is 4.13. The van der Waals surface area contributed by atoms with Crippen LogP contribution in [-0.4, -0.2) is 29.3 Å². The predicted octanol–water partition coefficient (Wildman–Crippen LogP) is 0.636. The Morgan fingerprint density at radius 2 is 2.33 bits per heavy atom. The molecule has 80 valence electrons. The normalized spacial score (nSPS) is 9.40. The van der Waals surface area contributed by atoms with Gasteiger partial charge in [0.2, 0.25) is 0 Å².